The average Bonchev–Trinajstić information content (AvgIpc) is 3.07. The summed E-state index contributed by atoms with van der Waals surface area (Å²) < 4.78 is 5.17. The number of urea groups is 1. The van der Waals surface area contributed by atoms with Gasteiger partial charge in [-0.25, -0.2) is 4.79 Å². The molecule has 0 atom stereocenters. The average molecular weight is 387 g/mol. The summed E-state index contributed by atoms with van der Waals surface area (Å²) in [7, 11) is 0. The van der Waals surface area contributed by atoms with Crippen LogP contribution in [0, 0.1) is 0 Å². The van der Waals surface area contributed by atoms with E-state index in [4.69, 9.17) is 4.52 Å². The van der Waals surface area contributed by atoms with Gasteiger partial charge in [0.1, 0.15) is 0 Å². The van der Waals surface area contributed by atoms with Crippen LogP contribution in [-0.2, 0) is 6.42 Å². The fourth-order valence-electron chi connectivity index (χ4n) is 2.34. The van der Waals surface area contributed by atoms with E-state index in [-0.39, 0.29) is 23.4 Å². The van der Waals surface area contributed by atoms with Crippen LogP contribution in [0.5, 0.6) is 0 Å². The maximum atomic E-state index is 12.1. The minimum Gasteiger partial charge on any atom is -0.347 e. The van der Waals surface area contributed by atoms with Gasteiger partial charge in [0, 0.05) is 35.7 Å². The quantitative estimate of drug-likeness (QED) is 0.630. The number of hydrogen-bond acceptors (Lipinski definition) is 5. The summed E-state index contributed by atoms with van der Waals surface area (Å²) in [4.78, 5) is 28.4. The molecule has 0 bridgehead atoms. The standard InChI is InChI=1S/C20H29N5O3/c1-13(2)17-23-16(28-25-17)7-6-12-21-19(27)22-15-10-8-14(9-11-15)18(26)24-20(3,4)5/h8-11,13H,6-7,12H2,1-5H3,(H,24,26)(H2,21,22,27). The molecule has 0 saturated carbocycles. The maximum Gasteiger partial charge on any atom is 0.319 e. The van der Waals surface area contributed by atoms with Crippen LogP contribution in [0.25, 0.3) is 0 Å². The highest BCUT2D eigenvalue weighted by Crippen LogP contribution is 2.12. The zero-order chi connectivity index (χ0) is 20.7. The molecule has 0 spiro atoms. The van der Waals surface area contributed by atoms with Crippen LogP contribution in [-0.4, -0.2) is 34.2 Å². The van der Waals surface area contributed by atoms with Gasteiger partial charge in [-0.1, -0.05) is 19.0 Å². The predicted octanol–water partition coefficient (Wildman–Crippen LogP) is 3.48. The van der Waals surface area contributed by atoms with Gasteiger partial charge >= 0.3 is 6.03 Å². The van der Waals surface area contributed by atoms with E-state index >= 15 is 0 Å². The Bertz CT molecular complexity index is 791. The van der Waals surface area contributed by atoms with Gasteiger partial charge in [0.25, 0.3) is 5.91 Å². The van der Waals surface area contributed by atoms with Crippen LogP contribution in [0.2, 0.25) is 0 Å². The highest BCUT2D eigenvalue weighted by atomic mass is 16.5. The molecule has 0 radical (unpaired) electrons. The number of benzene rings is 1. The summed E-state index contributed by atoms with van der Waals surface area (Å²) in [6.07, 6.45) is 1.30. The van der Waals surface area contributed by atoms with Gasteiger partial charge in [-0.05, 0) is 51.5 Å². The Morgan fingerprint density at radius 2 is 1.82 bits per heavy atom. The summed E-state index contributed by atoms with van der Waals surface area (Å²) in [5, 5.41) is 12.3. The molecule has 0 aliphatic heterocycles. The topological polar surface area (TPSA) is 109 Å². The molecule has 0 fully saturated rings. The number of carbonyl (C=O) groups excluding carboxylic acids is 2. The predicted molar refractivity (Wildman–Crippen MR) is 107 cm³/mol. The summed E-state index contributed by atoms with van der Waals surface area (Å²) in [5.41, 5.74) is 0.857. The molecule has 0 unspecified atom stereocenters. The van der Waals surface area contributed by atoms with Crippen LogP contribution >= 0.6 is 0 Å². The molecule has 2 aromatic rings. The number of hydrogen-bond donors (Lipinski definition) is 3. The highest BCUT2D eigenvalue weighted by Gasteiger charge is 2.15. The first kappa shape index (κ1) is 21.4. The molecule has 0 aliphatic carbocycles. The molecule has 8 heteroatoms. The van der Waals surface area contributed by atoms with Gasteiger partial charge in [-0.3, -0.25) is 4.79 Å². The summed E-state index contributed by atoms with van der Waals surface area (Å²) in [6.45, 7) is 10.3. The third-order valence-electron chi connectivity index (χ3n) is 3.75. The second kappa shape index (κ2) is 9.34. The molecule has 1 aromatic heterocycles. The minimum atomic E-state index is -0.305. The normalized spacial score (nSPS) is 11.4. The first-order valence-electron chi connectivity index (χ1n) is 9.44. The van der Waals surface area contributed by atoms with E-state index < -0.39 is 0 Å². The number of nitrogens with zero attached hydrogens (tertiary/aromatic N) is 2. The number of carbonyl (C=O) groups is 2. The molecule has 0 aliphatic rings. The van der Waals surface area contributed by atoms with Crippen molar-refractivity contribution in [1.29, 1.82) is 0 Å². The fraction of sp³-hybridized carbons (Fsp3) is 0.500. The summed E-state index contributed by atoms with van der Waals surface area (Å²) >= 11 is 0. The monoisotopic (exact) mass is 387 g/mol. The van der Waals surface area contributed by atoms with Crippen molar-refractivity contribution in [2.24, 2.45) is 0 Å². The molecule has 3 amide bonds. The van der Waals surface area contributed by atoms with Crippen LogP contribution in [0.1, 0.15) is 69.0 Å². The number of anilines is 1. The molecule has 8 nitrogen and oxygen atoms in total. The Hall–Kier alpha value is -2.90. The summed E-state index contributed by atoms with van der Waals surface area (Å²) in [6, 6.07) is 6.45. The lowest BCUT2D eigenvalue weighted by Crippen LogP contribution is -2.40. The van der Waals surface area contributed by atoms with Crippen molar-refractivity contribution in [3.05, 3.63) is 41.5 Å². The van der Waals surface area contributed by atoms with Gasteiger partial charge in [0.15, 0.2) is 5.82 Å². The third-order valence-corrected chi connectivity index (χ3v) is 3.75. The Kier molecular flexibility index (Phi) is 7.14. The Labute approximate surface area is 165 Å². The van der Waals surface area contributed by atoms with Crippen LogP contribution in [0.3, 0.4) is 0 Å². The van der Waals surface area contributed by atoms with Crippen molar-refractivity contribution < 1.29 is 14.1 Å². The second-order valence-corrected chi connectivity index (χ2v) is 7.97. The Morgan fingerprint density at radius 3 is 2.39 bits per heavy atom. The lowest BCUT2D eigenvalue weighted by atomic mass is 10.1. The van der Waals surface area contributed by atoms with Gasteiger partial charge in [-0.2, -0.15) is 4.98 Å². The Morgan fingerprint density at radius 1 is 1.14 bits per heavy atom. The van der Waals surface area contributed by atoms with E-state index in [1.54, 1.807) is 24.3 Å². The summed E-state index contributed by atoms with van der Waals surface area (Å²) in [5.74, 6) is 1.35. The van der Waals surface area contributed by atoms with Crippen LogP contribution in [0.15, 0.2) is 28.8 Å². The van der Waals surface area contributed by atoms with Gasteiger partial charge in [0.2, 0.25) is 5.89 Å². The molecular formula is C20H29N5O3. The van der Waals surface area contributed by atoms with Gasteiger partial charge < -0.3 is 20.5 Å². The number of rotatable bonds is 7. The molecule has 152 valence electrons. The molecule has 1 heterocycles. The smallest absolute Gasteiger partial charge is 0.319 e. The fourth-order valence-corrected chi connectivity index (χ4v) is 2.34. The van der Waals surface area contributed by atoms with E-state index in [9.17, 15) is 9.59 Å². The van der Waals surface area contributed by atoms with Crippen molar-refractivity contribution in [3.63, 3.8) is 0 Å². The van der Waals surface area contributed by atoms with Gasteiger partial charge in [-0.15, -0.1) is 0 Å². The molecular weight excluding hydrogens is 358 g/mol. The maximum absolute atomic E-state index is 12.1. The van der Waals surface area contributed by atoms with Crippen molar-refractivity contribution in [2.75, 3.05) is 11.9 Å². The lowest BCUT2D eigenvalue weighted by Gasteiger charge is -2.20. The van der Waals surface area contributed by atoms with Gasteiger partial charge in [0.05, 0.1) is 0 Å². The second-order valence-electron chi connectivity index (χ2n) is 7.97. The largest absolute Gasteiger partial charge is 0.347 e. The van der Waals surface area contributed by atoms with Crippen molar-refractivity contribution in [2.45, 2.75) is 58.9 Å². The third kappa shape index (κ3) is 7.02. The van der Waals surface area contributed by atoms with Crippen molar-refractivity contribution in [3.8, 4) is 0 Å². The van der Waals surface area contributed by atoms with Crippen LogP contribution < -0.4 is 16.0 Å². The van der Waals surface area contributed by atoms with Crippen molar-refractivity contribution >= 4 is 17.6 Å². The first-order chi connectivity index (χ1) is 13.1. The number of amides is 3. The van der Waals surface area contributed by atoms with E-state index in [2.05, 4.69) is 26.1 Å². The van der Waals surface area contributed by atoms with E-state index in [0.29, 0.717) is 42.4 Å². The minimum absolute atomic E-state index is 0.148. The SMILES string of the molecule is CC(C)c1noc(CCCNC(=O)Nc2ccc(C(=O)NC(C)(C)C)cc2)n1. The highest BCUT2D eigenvalue weighted by molar-refractivity contribution is 5.95. The van der Waals surface area contributed by atoms with E-state index in [1.807, 2.05) is 34.6 Å². The molecule has 1 aromatic carbocycles. The van der Waals surface area contributed by atoms with E-state index in [1.165, 1.54) is 0 Å². The molecule has 0 saturated heterocycles. The van der Waals surface area contributed by atoms with Crippen molar-refractivity contribution in [1.82, 2.24) is 20.8 Å². The molecule has 3 N–H and O–H groups in total. The number of aryl methyl sites for hydroxylation is 1. The zero-order valence-electron chi connectivity index (χ0n) is 17.1. The molecule has 2 rings (SSSR count). The zero-order valence-corrected chi connectivity index (χ0v) is 17.1. The first-order valence-corrected chi connectivity index (χ1v) is 9.44. The molecule has 28 heavy (non-hydrogen) atoms. The lowest BCUT2D eigenvalue weighted by molar-refractivity contribution is 0.0919. The number of aromatic nitrogens is 2. The van der Waals surface area contributed by atoms with E-state index in [0.717, 1.165) is 0 Å². The van der Waals surface area contributed by atoms with Crippen LogP contribution in [0.4, 0.5) is 10.5 Å². The number of nitrogens with one attached hydrogen (secondary N) is 3. The Balaban J connectivity index is 1.73.